The number of benzene rings is 2. The highest BCUT2D eigenvalue weighted by Gasteiger charge is 2.31. The third-order valence-electron chi connectivity index (χ3n) is 3.42. The highest BCUT2D eigenvalue weighted by atomic mass is 35.5. The molecule has 5 nitrogen and oxygen atoms in total. The van der Waals surface area contributed by atoms with E-state index in [0.29, 0.717) is 0 Å². The zero-order chi connectivity index (χ0) is 21.1. The zero-order valence-corrected chi connectivity index (χ0v) is 15.7. The molecule has 0 aliphatic rings. The van der Waals surface area contributed by atoms with Crippen LogP contribution in [0.5, 0.6) is 5.75 Å². The minimum Gasteiger partial charge on any atom is -0.406 e. The van der Waals surface area contributed by atoms with E-state index in [1.807, 2.05) is 0 Å². The van der Waals surface area contributed by atoms with Crippen LogP contribution in [0.3, 0.4) is 0 Å². The van der Waals surface area contributed by atoms with Crippen LogP contribution in [-0.2, 0) is 4.79 Å². The second-order valence-electron chi connectivity index (χ2n) is 5.62. The van der Waals surface area contributed by atoms with Gasteiger partial charge in [0.25, 0.3) is 0 Å². The number of ether oxygens (including phenoxy) is 1. The Hall–Kier alpha value is -2.23. The van der Waals surface area contributed by atoms with Crippen LogP contribution in [-0.4, -0.2) is 23.9 Å². The van der Waals surface area contributed by atoms with Crippen molar-refractivity contribution in [3.63, 3.8) is 0 Å². The van der Waals surface area contributed by atoms with E-state index in [0.717, 1.165) is 18.2 Å². The molecule has 0 aliphatic carbocycles. The van der Waals surface area contributed by atoms with Crippen LogP contribution in [0.15, 0.2) is 30.3 Å². The number of carbonyl (C=O) groups is 1. The Labute approximate surface area is 167 Å². The fourth-order valence-corrected chi connectivity index (χ4v) is 2.79. The van der Waals surface area contributed by atoms with Crippen LogP contribution in [0, 0.1) is 5.82 Å². The van der Waals surface area contributed by atoms with Gasteiger partial charge in [-0.25, -0.2) is 4.39 Å². The molecule has 2 aromatic rings. The van der Waals surface area contributed by atoms with Gasteiger partial charge in [0.05, 0.1) is 21.8 Å². The number of alkyl halides is 3. The molecule has 11 heteroatoms. The van der Waals surface area contributed by atoms with Crippen molar-refractivity contribution in [1.82, 2.24) is 5.32 Å². The summed E-state index contributed by atoms with van der Waals surface area (Å²) in [4.78, 5) is 10.9. The van der Waals surface area contributed by atoms with Crippen LogP contribution >= 0.6 is 23.2 Å². The topological polar surface area (TPSA) is 70.6 Å². The molecule has 1 amide bonds. The summed E-state index contributed by atoms with van der Waals surface area (Å²) < 4.78 is 54.7. The molecule has 0 saturated heterocycles. The van der Waals surface area contributed by atoms with Gasteiger partial charge in [-0.2, -0.15) is 0 Å². The number of rotatable bonds is 6. The maximum Gasteiger partial charge on any atom is 0.573 e. The molecule has 28 heavy (non-hydrogen) atoms. The summed E-state index contributed by atoms with van der Waals surface area (Å²) in [7, 11) is 0. The Balaban J connectivity index is 2.26. The van der Waals surface area contributed by atoms with Crippen LogP contribution < -0.4 is 15.4 Å². The number of aliphatic hydroxyl groups excluding tert-OH is 1. The zero-order valence-electron chi connectivity index (χ0n) is 14.2. The highest BCUT2D eigenvalue weighted by Crippen LogP contribution is 2.38. The van der Waals surface area contributed by atoms with E-state index in [1.165, 1.54) is 19.1 Å². The van der Waals surface area contributed by atoms with Gasteiger partial charge in [0.2, 0.25) is 5.91 Å². The van der Waals surface area contributed by atoms with Crippen molar-refractivity contribution in [2.75, 3.05) is 11.9 Å². The average molecular weight is 441 g/mol. The summed E-state index contributed by atoms with van der Waals surface area (Å²) in [5, 5.41) is 14.8. The first kappa shape index (κ1) is 22.1. The number of aliphatic hydroxyl groups is 1. The van der Waals surface area contributed by atoms with Crippen LogP contribution in [0.2, 0.25) is 10.0 Å². The maximum atomic E-state index is 14.0. The Morgan fingerprint density at radius 3 is 2.36 bits per heavy atom. The molecule has 2 rings (SSSR count). The Bertz CT molecular complexity index is 855. The molecule has 152 valence electrons. The second-order valence-corrected chi connectivity index (χ2v) is 6.44. The van der Waals surface area contributed by atoms with Crippen molar-refractivity contribution in [3.05, 3.63) is 51.8 Å². The first-order valence-corrected chi connectivity index (χ1v) is 8.45. The Morgan fingerprint density at radius 2 is 1.82 bits per heavy atom. The third kappa shape index (κ3) is 6.15. The largest absolute Gasteiger partial charge is 0.573 e. The van der Waals surface area contributed by atoms with Crippen molar-refractivity contribution in [2.45, 2.75) is 19.4 Å². The van der Waals surface area contributed by atoms with E-state index in [-0.39, 0.29) is 33.5 Å². The molecule has 1 atom stereocenters. The standard InChI is InChI=1S/C17H14Cl2F4N2O3/c1-8(26)24-7-15(27)11-4-9(2-3-14(11)20)25-16-12(18)5-10(6-13(16)19)28-17(21,22)23/h2-6,15,25,27H,7H2,1H3,(H,24,26). The number of carbonyl (C=O) groups excluding carboxylic acids is 1. The molecule has 0 aromatic heterocycles. The summed E-state index contributed by atoms with van der Waals surface area (Å²) in [5.74, 6) is -1.71. The number of halogens is 6. The van der Waals surface area contributed by atoms with E-state index in [2.05, 4.69) is 15.4 Å². The van der Waals surface area contributed by atoms with Gasteiger partial charge in [0, 0.05) is 36.9 Å². The van der Waals surface area contributed by atoms with Gasteiger partial charge < -0.3 is 20.5 Å². The number of hydrogen-bond acceptors (Lipinski definition) is 4. The lowest BCUT2D eigenvalue weighted by molar-refractivity contribution is -0.274. The van der Waals surface area contributed by atoms with Crippen molar-refractivity contribution in [1.29, 1.82) is 0 Å². The molecule has 0 bridgehead atoms. The van der Waals surface area contributed by atoms with E-state index in [9.17, 15) is 27.5 Å². The predicted molar refractivity (Wildman–Crippen MR) is 96.5 cm³/mol. The number of hydrogen-bond donors (Lipinski definition) is 3. The first-order chi connectivity index (χ1) is 13.0. The molecule has 3 N–H and O–H groups in total. The van der Waals surface area contributed by atoms with Gasteiger partial charge in [-0.05, 0) is 18.2 Å². The van der Waals surface area contributed by atoms with Gasteiger partial charge in [0.15, 0.2) is 0 Å². The minimum atomic E-state index is -4.91. The van der Waals surface area contributed by atoms with Gasteiger partial charge >= 0.3 is 6.36 Å². The Kier molecular flexibility index (Phi) is 6.97. The summed E-state index contributed by atoms with van der Waals surface area (Å²) in [5.41, 5.74) is 0.210. The fraction of sp³-hybridized carbons (Fsp3) is 0.235. The van der Waals surface area contributed by atoms with E-state index in [1.54, 1.807) is 0 Å². The number of nitrogens with one attached hydrogen (secondary N) is 2. The normalized spacial score (nSPS) is 12.4. The van der Waals surface area contributed by atoms with Crippen molar-refractivity contribution < 1.29 is 32.2 Å². The molecule has 0 aliphatic heterocycles. The monoisotopic (exact) mass is 440 g/mol. The van der Waals surface area contributed by atoms with E-state index >= 15 is 0 Å². The molecular weight excluding hydrogens is 427 g/mol. The highest BCUT2D eigenvalue weighted by molar-refractivity contribution is 6.39. The lowest BCUT2D eigenvalue weighted by Crippen LogP contribution is -2.26. The summed E-state index contributed by atoms with van der Waals surface area (Å²) in [6.45, 7) is 1.04. The van der Waals surface area contributed by atoms with E-state index < -0.39 is 29.9 Å². The predicted octanol–water partition coefficient (Wildman–Crippen LogP) is 4.94. The molecule has 0 saturated carbocycles. The summed E-state index contributed by atoms with van der Waals surface area (Å²) >= 11 is 11.9. The van der Waals surface area contributed by atoms with Crippen LogP contribution in [0.25, 0.3) is 0 Å². The number of anilines is 2. The summed E-state index contributed by atoms with van der Waals surface area (Å²) in [6.07, 6.45) is -6.23. The molecule has 0 spiro atoms. The SMILES string of the molecule is CC(=O)NCC(O)c1cc(Nc2c(Cl)cc(OC(F)(F)F)cc2Cl)ccc1F. The van der Waals surface area contributed by atoms with Crippen LogP contribution in [0.4, 0.5) is 28.9 Å². The molecule has 2 aromatic carbocycles. The smallest absolute Gasteiger partial charge is 0.406 e. The molecule has 0 radical (unpaired) electrons. The molecule has 1 unspecified atom stereocenters. The van der Waals surface area contributed by atoms with Gasteiger partial charge in [-0.15, -0.1) is 13.2 Å². The van der Waals surface area contributed by atoms with Crippen LogP contribution in [0.1, 0.15) is 18.6 Å². The van der Waals surface area contributed by atoms with E-state index in [4.69, 9.17) is 23.2 Å². The fourth-order valence-electron chi connectivity index (χ4n) is 2.23. The average Bonchev–Trinajstić information content (AvgIpc) is 2.55. The van der Waals surface area contributed by atoms with Gasteiger partial charge in [-0.3, -0.25) is 4.79 Å². The second kappa shape index (κ2) is 8.85. The minimum absolute atomic E-state index is 0.0618. The lowest BCUT2D eigenvalue weighted by Gasteiger charge is -2.16. The quantitative estimate of drug-likeness (QED) is 0.556. The first-order valence-electron chi connectivity index (χ1n) is 7.70. The maximum absolute atomic E-state index is 14.0. The van der Waals surface area contributed by atoms with Crippen molar-refractivity contribution in [3.8, 4) is 5.75 Å². The number of amides is 1. The summed E-state index contributed by atoms with van der Waals surface area (Å²) in [6, 6.07) is 5.47. The van der Waals surface area contributed by atoms with Crippen molar-refractivity contribution in [2.24, 2.45) is 0 Å². The molecular formula is C17H14Cl2F4N2O3. The van der Waals surface area contributed by atoms with Crippen molar-refractivity contribution >= 4 is 40.5 Å². The lowest BCUT2D eigenvalue weighted by atomic mass is 10.1. The molecule has 0 fully saturated rings. The Morgan fingerprint density at radius 1 is 1.21 bits per heavy atom. The van der Waals surface area contributed by atoms with Gasteiger partial charge in [-0.1, -0.05) is 23.2 Å². The molecule has 0 heterocycles. The van der Waals surface area contributed by atoms with Gasteiger partial charge in [0.1, 0.15) is 11.6 Å². The third-order valence-corrected chi connectivity index (χ3v) is 4.01.